The summed E-state index contributed by atoms with van der Waals surface area (Å²) in [6.07, 6.45) is 4.92. The summed E-state index contributed by atoms with van der Waals surface area (Å²) in [7, 11) is 0. The number of aliphatic hydroxyl groups excluding tert-OH is 1. The third-order valence-corrected chi connectivity index (χ3v) is 2.46. The van der Waals surface area contributed by atoms with Crippen LogP contribution in [0.4, 0.5) is 0 Å². The Morgan fingerprint density at radius 2 is 2.21 bits per heavy atom. The molecule has 1 heterocycles. The number of esters is 1. The summed E-state index contributed by atoms with van der Waals surface area (Å²) in [4.78, 5) is 11.2. The van der Waals surface area contributed by atoms with Crippen LogP contribution in [0.15, 0.2) is 11.6 Å². The summed E-state index contributed by atoms with van der Waals surface area (Å²) < 4.78 is 4.89. The molecular formula is C11H18O3. The third kappa shape index (κ3) is 2.58. The first kappa shape index (κ1) is 11.2. The van der Waals surface area contributed by atoms with Crippen LogP contribution in [-0.2, 0) is 9.53 Å². The van der Waals surface area contributed by atoms with Gasteiger partial charge in [-0.2, -0.15) is 0 Å². The third-order valence-electron chi connectivity index (χ3n) is 2.46. The zero-order valence-electron chi connectivity index (χ0n) is 8.82. The largest absolute Gasteiger partial charge is 0.456 e. The van der Waals surface area contributed by atoms with E-state index in [4.69, 9.17) is 4.74 Å². The van der Waals surface area contributed by atoms with Gasteiger partial charge >= 0.3 is 5.97 Å². The molecule has 1 N–H and O–H groups in total. The number of ether oxygens (including phenoxy) is 1. The number of cyclic esters (lactones) is 1. The lowest BCUT2D eigenvalue weighted by Gasteiger charge is -2.04. The van der Waals surface area contributed by atoms with E-state index in [1.54, 1.807) is 6.92 Å². The zero-order chi connectivity index (χ0) is 10.6. The number of hydrogen-bond donors (Lipinski definition) is 1. The van der Waals surface area contributed by atoms with Crippen molar-refractivity contribution in [2.24, 2.45) is 0 Å². The second-order valence-electron chi connectivity index (χ2n) is 3.71. The van der Waals surface area contributed by atoms with E-state index in [1.807, 2.05) is 6.08 Å². The number of rotatable bonds is 4. The summed E-state index contributed by atoms with van der Waals surface area (Å²) in [6, 6.07) is 0. The molecule has 1 aliphatic rings. The van der Waals surface area contributed by atoms with Crippen LogP contribution in [0.3, 0.4) is 0 Å². The minimum Gasteiger partial charge on any atom is -0.456 e. The van der Waals surface area contributed by atoms with Gasteiger partial charge in [0.05, 0.1) is 5.57 Å². The molecule has 1 aliphatic heterocycles. The highest BCUT2D eigenvalue weighted by molar-refractivity contribution is 5.92. The molecule has 3 heteroatoms. The molecule has 3 nitrogen and oxygen atoms in total. The number of allylic oxidation sites excluding steroid dienone is 1. The topological polar surface area (TPSA) is 46.5 Å². The molecule has 0 saturated carbocycles. The summed E-state index contributed by atoms with van der Waals surface area (Å²) >= 11 is 0. The van der Waals surface area contributed by atoms with E-state index in [-0.39, 0.29) is 12.1 Å². The van der Waals surface area contributed by atoms with Gasteiger partial charge in [0.1, 0.15) is 12.2 Å². The maximum Gasteiger partial charge on any atom is 0.336 e. The number of aliphatic hydroxyl groups is 1. The minimum absolute atomic E-state index is 0.360. The lowest BCUT2D eigenvalue weighted by molar-refractivity contribution is -0.138. The SMILES string of the molecule is CCCCC/C=C1/C(=O)O[C@@H](C)[C@@H]1O. The average molecular weight is 198 g/mol. The van der Waals surface area contributed by atoms with Crippen LogP contribution in [-0.4, -0.2) is 23.3 Å². The standard InChI is InChI=1S/C11H18O3/c1-3-4-5-6-7-9-10(12)8(2)14-11(9)13/h7-8,10,12H,3-6H2,1-2H3/b9-7+/t8-,10-/m0/s1. The van der Waals surface area contributed by atoms with Gasteiger partial charge in [0, 0.05) is 0 Å². The average Bonchev–Trinajstić information content (AvgIpc) is 2.38. The van der Waals surface area contributed by atoms with Gasteiger partial charge in [-0.15, -0.1) is 0 Å². The van der Waals surface area contributed by atoms with Crippen LogP contribution >= 0.6 is 0 Å². The fourth-order valence-corrected chi connectivity index (χ4v) is 1.53. The Balaban J connectivity index is 2.45. The number of hydrogen-bond acceptors (Lipinski definition) is 3. The first-order valence-corrected chi connectivity index (χ1v) is 5.26. The Labute approximate surface area is 84.8 Å². The Hall–Kier alpha value is -0.830. The van der Waals surface area contributed by atoms with Gasteiger partial charge < -0.3 is 9.84 Å². The zero-order valence-corrected chi connectivity index (χ0v) is 8.82. The van der Waals surface area contributed by atoms with E-state index >= 15 is 0 Å². The van der Waals surface area contributed by atoms with Crippen LogP contribution < -0.4 is 0 Å². The summed E-state index contributed by atoms with van der Waals surface area (Å²) in [6.45, 7) is 3.84. The highest BCUT2D eigenvalue weighted by Gasteiger charge is 2.34. The smallest absolute Gasteiger partial charge is 0.336 e. The van der Waals surface area contributed by atoms with Crippen molar-refractivity contribution in [2.75, 3.05) is 0 Å². The molecule has 2 atom stereocenters. The highest BCUT2D eigenvalue weighted by Crippen LogP contribution is 2.21. The predicted molar refractivity (Wildman–Crippen MR) is 53.8 cm³/mol. The predicted octanol–water partition coefficient (Wildman–Crippen LogP) is 1.80. The molecule has 14 heavy (non-hydrogen) atoms. The Morgan fingerprint density at radius 3 is 2.71 bits per heavy atom. The van der Waals surface area contributed by atoms with Crippen LogP contribution in [0.5, 0.6) is 0 Å². The van der Waals surface area contributed by atoms with E-state index in [2.05, 4.69) is 6.92 Å². The van der Waals surface area contributed by atoms with Crippen molar-refractivity contribution in [3.8, 4) is 0 Å². The number of carbonyl (C=O) groups is 1. The normalized spacial score (nSPS) is 29.6. The summed E-state index contributed by atoms with van der Waals surface area (Å²) in [5.41, 5.74) is 0.439. The quantitative estimate of drug-likeness (QED) is 0.425. The summed E-state index contributed by atoms with van der Waals surface area (Å²) in [5.74, 6) is -0.360. The molecule has 0 aromatic rings. The molecule has 0 spiro atoms. The Kier molecular flexibility index (Phi) is 4.14. The molecule has 0 aromatic heterocycles. The molecule has 1 rings (SSSR count). The first-order chi connectivity index (χ1) is 6.66. The van der Waals surface area contributed by atoms with Crippen LogP contribution in [0.25, 0.3) is 0 Å². The van der Waals surface area contributed by atoms with Crippen molar-refractivity contribution in [3.05, 3.63) is 11.6 Å². The fourth-order valence-electron chi connectivity index (χ4n) is 1.53. The van der Waals surface area contributed by atoms with Crippen molar-refractivity contribution < 1.29 is 14.6 Å². The maximum absolute atomic E-state index is 11.2. The fraction of sp³-hybridized carbons (Fsp3) is 0.727. The van der Waals surface area contributed by atoms with Crippen LogP contribution in [0, 0.1) is 0 Å². The van der Waals surface area contributed by atoms with Gasteiger partial charge in [-0.3, -0.25) is 0 Å². The molecule has 0 unspecified atom stereocenters. The molecule has 0 aliphatic carbocycles. The van der Waals surface area contributed by atoms with E-state index in [0.29, 0.717) is 5.57 Å². The monoisotopic (exact) mass is 198 g/mol. The van der Waals surface area contributed by atoms with Gasteiger partial charge in [0.25, 0.3) is 0 Å². The van der Waals surface area contributed by atoms with Crippen LogP contribution in [0.2, 0.25) is 0 Å². The van der Waals surface area contributed by atoms with E-state index in [1.165, 1.54) is 0 Å². The van der Waals surface area contributed by atoms with Crippen molar-refractivity contribution in [2.45, 2.75) is 51.7 Å². The maximum atomic E-state index is 11.2. The number of unbranched alkanes of at least 4 members (excludes halogenated alkanes) is 3. The highest BCUT2D eigenvalue weighted by atomic mass is 16.6. The van der Waals surface area contributed by atoms with Crippen molar-refractivity contribution in [1.29, 1.82) is 0 Å². The van der Waals surface area contributed by atoms with Crippen molar-refractivity contribution >= 4 is 5.97 Å². The van der Waals surface area contributed by atoms with E-state index in [0.717, 1.165) is 25.7 Å². The van der Waals surface area contributed by atoms with Gasteiger partial charge in [0.15, 0.2) is 0 Å². The molecule has 0 bridgehead atoms. The Morgan fingerprint density at radius 1 is 1.50 bits per heavy atom. The molecular weight excluding hydrogens is 180 g/mol. The van der Waals surface area contributed by atoms with Gasteiger partial charge in [-0.25, -0.2) is 4.79 Å². The number of carbonyl (C=O) groups excluding carboxylic acids is 1. The second-order valence-corrected chi connectivity index (χ2v) is 3.71. The van der Waals surface area contributed by atoms with Gasteiger partial charge in [-0.1, -0.05) is 25.8 Å². The van der Waals surface area contributed by atoms with Crippen molar-refractivity contribution in [1.82, 2.24) is 0 Å². The lowest BCUT2D eigenvalue weighted by atomic mass is 10.1. The summed E-state index contributed by atoms with van der Waals surface area (Å²) in [5, 5.41) is 9.57. The van der Waals surface area contributed by atoms with Gasteiger partial charge in [-0.05, 0) is 19.8 Å². The minimum atomic E-state index is -0.732. The first-order valence-electron chi connectivity index (χ1n) is 5.26. The molecule has 0 aromatic carbocycles. The Bertz CT molecular complexity index is 233. The molecule has 0 radical (unpaired) electrons. The van der Waals surface area contributed by atoms with E-state index < -0.39 is 6.10 Å². The molecule has 0 amide bonds. The molecule has 80 valence electrons. The molecule has 1 fully saturated rings. The lowest BCUT2D eigenvalue weighted by Crippen LogP contribution is -2.17. The molecule has 1 saturated heterocycles. The van der Waals surface area contributed by atoms with Crippen molar-refractivity contribution in [3.63, 3.8) is 0 Å². The second kappa shape index (κ2) is 5.15. The van der Waals surface area contributed by atoms with Crippen LogP contribution in [0.1, 0.15) is 39.5 Å². The van der Waals surface area contributed by atoms with Gasteiger partial charge in [0.2, 0.25) is 0 Å². The van der Waals surface area contributed by atoms with E-state index in [9.17, 15) is 9.90 Å².